The number of benzene rings is 2. The average molecular weight is 360 g/mol. The van der Waals surface area contributed by atoms with Crippen LogP contribution in [-0.2, 0) is 11.3 Å². The van der Waals surface area contributed by atoms with Gasteiger partial charge in [-0.15, -0.1) is 0 Å². The maximum absolute atomic E-state index is 12.9. The highest BCUT2D eigenvalue weighted by atomic mass is 19.1. The van der Waals surface area contributed by atoms with E-state index in [9.17, 15) is 14.0 Å². The summed E-state index contributed by atoms with van der Waals surface area (Å²) < 4.78 is 23.5. The van der Waals surface area contributed by atoms with Gasteiger partial charge in [-0.2, -0.15) is 0 Å². The van der Waals surface area contributed by atoms with Crippen molar-refractivity contribution in [2.24, 2.45) is 0 Å². The number of likely N-dealkylation sites (N-methyl/N-ethyl adjacent to an activating group) is 1. The third kappa shape index (κ3) is 4.72. The zero-order valence-corrected chi connectivity index (χ0v) is 14.9. The van der Waals surface area contributed by atoms with Crippen molar-refractivity contribution in [3.05, 3.63) is 59.4 Å². The van der Waals surface area contributed by atoms with Crippen LogP contribution >= 0.6 is 0 Å². The van der Waals surface area contributed by atoms with E-state index in [1.807, 2.05) is 12.1 Å². The Morgan fingerprint density at radius 1 is 1.08 bits per heavy atom. The minimum Gasteiger partial charge on any atom is -0.493 e. The summed E-state index contributed by atoms with van der Waals surface area (Å²) in [4.78, 5) is 25.7. The third-order valence-corrected chi connectivity index (χ3v) is 3.82. The van der Waals surface area contributed by atoms with Gasteiger partial charge in [0.2, 0.25) is 5.91 Å². The van der Waals surface area contributed by atoms with E-state index in [1.165, 1.54) is 36.3 Å². The molecule has 0 aliphatic heterocycles. The van der Waals surface area contributed by atoms with Gasteiger partial charge in [0, 0.05) is 24.7 Å². The van der Waals surface area contributed by atoms with Crippen LogP contribution in [0.1, 0.15) is 15.9 Å². The van der Waals surface area contributed by atoms with Crippen LogP contribution in [0.25, 0.3) is 0 Å². The molecule has 0 unspecified atom stereocenters. The number of hydrogen-bond donors (Lipinski definition) is 1. The Bertz CT molecular complexity index is 778. The van der Waals surface area contributed by atoms with E-state index < -0.39 is 11.7 Å². The maximum Gasteiger partial charge on any atom is 0.251 e. The predicted octanol–water partition coefficient (Wildman–Crippen LogP) is 2.23. The van der Waals surface area contributed by atoms with Gasteiger partial charge in [-0.25, -0.2) is 4.39 Å². The normalized spacial score (nSPS) is 10.2. The van der Waals surface area contributed by atoms with Gasteiger partial charge in [0.05, 0.1) is 20.8 Å². The molecule has 138 valence electrons. The quantitative estimate of drug-likeness (QED) is 0.822. The van der Waals surface area contributed by atoms with Crippen molar-refractivity contribution in [2.45, 2.75) is 6.54 Å². The molecule has 0 saturated heterocycles. The van der Waals surface area contributed by atoms with E-state index in [0.717, 1.165) is 5.56 Å². The molecule has 0 aromatic heterocycles. The van der Waals surface area contributed by atoms with Crippen LogP contribution in [-0.4, -0.2) is 44.5 Å². The smallest absolute Gasteiger partial charge is 0.251 e. The Morgan fingerprint density at radius 3 is 2.38 bits per heavy atom. The first-order valence-corrected chi connectivity index (χ1v) is 7.94. The Morgan fingerprint density at radius 2 is 1.77 bits per heavy atom. The van der Waals surface area contributed by atoms with E-state index in [-0.39, 0.29) is 18.0 Å². The number of methoxy groups -OCH3 is 2. The fraction of sp³-hybridized carbons (Fsp3) is 0.263. The van der Waals surface area contributed by atoms with Crippen LogP contribution in [0.4, 0.5) is 4.39 Å². The van der Waals surface area contributed by atoms with Crippen molar-refractivity contribution in [3.8, 4) is 11.5 Å². The summed E-state index contributed by atoms with van der Waals surface area (Å²) in [6.45, 7) is 0.130. The molecule has 2 rings (SSSR count). The molecule has 7 heteroatoms. The molecule has 0 heterocycles. The topological polar surface area (TPSA) is 67.9 Å². The maximum atomic E-state index is 12.9. The van der Waals surface area contributed by atoms with Gasteiger partial charge in [0.25, 0.3) is 5.91 Å². The number of carbonyl (C=O) groups is 2. The number of para-hydroxylation sites is 1. The van der Waals surface area contributed by atoms with Gasteiger partial charge in [0.15, 0.2) is 11.5 Å². The second kappa shape index (κ2) is 8.84. The van der Waals surface area contributed by atoms with Gasteiger partial charge in [0.1, 0.15) is 5.82 Å². The minimum atomic E-state index is -0.439. The summed E-state index contributed by atoms with van der Waals surface area (Å²) in [5.41, 5.74) is 1.07. The van der Waals surface area contributed by atoms with Crippen LogP contribution in [0.3, 0.4) is 0 Å². The van der Waals surface area contributed by atoms with Crippen LogP contribution in [0.15, 0.2) is 42.5 Å². The van der Waals surface area contributed by atoms with Crippen LogP contribution < -0.4 is 14.8 Å². The van der Waals surface area contributed by atoms with Gasteiger partial charge in [-0.1, -0.05) is 12.1 Å². The zero-order chi connectivity index (χ0) is 19.1. The molecule has 1 N–H and O–H groups in total. The van der Waals surface area contributed by atoms with Gasteiger partial charge in [-0.3, -0.25) is 9.59 Å². The molecule has 26 heavy (non-hydrogen) atoms. The Labute approximate surface area is 151 Å². The molecule has 0 spiro atoms. The molecular weight excluding hydrogens is 339 g/mol. The Kier molecular flexibility index (Phi) is 6.54. The summed E-state index contributed by atoms with van der Waals surface area (Å²) in [7, 11) is 4.71. The fourth-order valence-electron chi connectivity index (χ4n) is 2.42. The van der Waals surface area contributed by atoms with E-state index in [4.69, 9.17) is 9.47 Å². The van der Waals surface area contributed by atoms with Gasteiger partial charge in [-0.05, 0) is 30.3 Å². The van der Waals surface area contributed by atoms with Crippen LogP contribution in [0.5, 0.6) is 11.5 Å². The van der Waals surface area contributed by atoms with E-state index in [1.54, 1.807) is 20.2 Å². The lowest BCUT2D eigenvalue weighted by Gasteiger charge is -2.20. The molecule has 2 aromatic carbocycles. The number of rotatable bonds is 7. The predicted molar refractivity (Wildman–Crippen MR) is 94.8 cm³/mol. The number of amides is 2. The highest BCUT2D eigenvalue weighted by Crippen LogP contribution is 2.31. The highest BCUT2D eigenvalue weighted by molar-refractivity contribution is 5.96. The van der Waals surface area contributed by atoms with Gasteiger partial charge < -0.3 is 19.7 Å². The number of ether oxygens (including phenoxy) is 2. The molecule has 0 aliphatic carbocycles. The van der Waals surface area contributed by atoms with Crippen molar-refractivity contribution in [3.63, 3.8) is 0 Å². The second-order valence-corrected chi connectivity index (χ2v) is 5.59. The molecule has 0 aliphatic rings. The molecule has 0 saturated carbocycles. The summed E-state index contributed by atoms with van der Waals surface area (Å²) >= 11 is 0. The standard InChI is InChI=1S/C19H21FN2O4/c1-22(12-14-5-4-6-16(25-2)18(14)26-3)17(23)11-21-19(24)13-7-9-15(20)10-8-13/h4-10H,11-12H2,1-3H3,(H,21,24). The number of nitrogens with one attached hydrogen (secondary N) is 1. The largest absolute Gasteiger partial charge is 0.493 e. The molecular formula is C19H21FN2O4. The Balaban J connectivity index is 1.95. The molecule has 0 bridgehead atoms. The average Bonchev–Trinajstić information content (AvgIpc) is 2.65. The highest BCUT2D eigenvalue weighted by Gasteiger charge is 2.16. The number of hydrogen-bond acceptors (Lipinski definition) is 4. The summed E-state index contributed by atoms with van der Waals surface area (Å²) in [6, 6.07) is 10.5. The third-order valence-electron chi connectivity index (χ3n) is 3.82. The number of carbonyl (C=O) groups excluding carboxylic acids is 2. The molecule has 0 atom stereocenters. The second-order valence-electron chi connectivity index (χ2n) is 5.59. The van der Waals surface area contributed by atoms with Crippen molar-refractivity contribution >= 4 is 11.8 Å². The molecule has 0 fully saturated rings. The van der Waals surface area contributed by atoms with E-state index in [2.05, 4.69) is 5.32 Å². The van der Waals surface area contributed by atoms with Crippen molar-refractivity contribution in [1.82, 2.24) is 10.2 Å². The van der Waals surface area contributed by atoms with Crippen molar-refractivity contribution in [1.29, 1.82) is 0 Å². The first kappa shape index (κ1) is 19.2. The SMILES string of the molecule is COc1cccc(CN(C)C(=O)CNC(=O)c2ccc(F)cc2)c1OC. The molecule has 0 radical (unpaired) electrons. The van der Waals surface area contributed by atoms with E-state index >= 15 is 0 Å². The van der Waals surface area contributed by atoms with Crippen molar-refractivity contribution in [2.75, 3.05) is 27.8 Å². The molecule has 2 amide bonds. The lowest BCUT2D eigenvalue weighted by Crippen LogP contribution is -2.37. The zero-order valence-electron chi connectivity index (χ0n) is 14.9. The summed E-state index contributed by atoms with van der Waals surface area (Å²) in [6.07, 6.45) is 0. The lowest BCUT2D eigenvalue weighted by molar-refractivity contribution is -0.129. The summed E-state index contributed by atoms with van der Waals surface area (Å²) in [5.74, 6) is 0.00102. The van der Waals surface area contributed by atoms with Gasteiger partial charge >= 0.3 is 0 Å². The van der Waals surface area contributed by atoms with E-state index in [0.29, 0.717) is 18.0 Å². The monoisotopic (exact) mass is 360 g/mol. The minimum absolute atomic E-state index is 0.168. The van der Waals surface area contributed by atoms with Crippen LogP contribution in [0.2, 0.25) is 0 Å². The Hall–Kier alpha value is -3.09. The summed E-state index contributed by atoms with van der Waals surface area (Å²) in [5, 5.41) is 2.53. The number of halogens is 1. The first-order chi connectivity index (χ1) is 12.5. The van der Waals surface area contributed by atoms with Crippen LogP contribution in [0, 0.1) is 5.82 Å². The lowest BCUT2D eigenvalue weighted by atomic mass is 10.1. The molecule has 6 nitrogen and oxygen atoms in total. The molecule has 2 aromatic rings. The first-order valence-electron chi connectivity index (χ1n) is 7.94. The fourth-order valence-corrected chi connectivity index (χ4v) is 2.42. The van der Waals surface area contributed by atoms with Crippen molar-refractivity contribution < 1.29 is 23.5 Å². The number of nitrogens with zero attached hydrogens (tertiary/aromatic N) is 1.